The molecule has 214 valence electrons. The molecule has 2 atom stereocenters. The summed E-state index contributed by atoms with van der Waals surface area (Å²) in [6.07, 6.45) is 3.06. The first-order chi connectivity index (χ1) is 19.8. The molecule has 3 N–H and O–H groups in total. The first-order valence-electron chi connectivity index (χ1n) is 13.7. The molecule has 1 fully saturated rings. The Morgan fingerprint density at radius 2 is 1.83 bits per heavy atom. The SMILES string of the molecule is C[C@H](c1ccc(COc2cccc3c2CN([C@@H](CCC(=O)O)C(N)=O)C3=O)cc1)N1CCN(c2ccncn2)CC1. The van der Waals surface area contributed by atoms with Crippen LogP contribution in [0.25, 0.3) is 0 Å². The van der Waals surface area contributed by atoms with E-state index in [-0.39, 0.29) is 31.3 Å². The van der Waals surface area contributed by atoms with E-state index in [1.165, 1.54) is 10.5 Å². The molecule has 5 rings (SSSR count). The Bertz CT molecular complexity index is 1390. The highest BCUT2D eigenvalue weighted by atomic mass is 16.5. The van der Waals surface area contributed by atoms with Crippen molar-refractivity contribution in [1.29, 1.82) is 0 Å². The first kappa shape index (κ1) is 28.0. The maximum absolute atomic E-state index is 13.0. The number of hydrogen-bond donors (Lipinski definition) is 2. The van der Waals surface area contributed by atoms with Gasteiger partial charge in [-0.1, -0.05) is 30.3 Å². The lowest BCUT2D eigenvalue weighted by Gasteiger charge is -2.38. The maximum atomic E-state index is 13.0. The molecule has 3 aromatic rings. The van der Waals surface area contributed by atoms with E-state index in [1.807, 2.05) is 6.07 Å². The Hall–Kier alpha value is -4.51. The van der Waals surface area contributed by atoms with Gasteiger partial charge in [0.05, 0.1) is 6.54 Å². The molecule has 1 saturated heterocycles. The Labute approximate surface area is 238 Å². The average Bonchev–Trinajstić information content (AvgIpc) is 3.32. The summed E-state index contributed by atoms with van der Waals surface area (Å²) in [6, 6.07) is 14.8. The summed E-state index contributed by atoms with van der Waals surface area (Å²) in [6.45, 7) is 6.38. The van der Waals surface area contributed by atoms with Crippen molar-refractivity contribution >= 4 is 23.6 Å². The molecule has 41 heavy (non-hydrogen) atoms. The van der Waals surface area contributed by atoms with Crippen molar-refractivity contribution < 1.29 is 24.2 Å². The number of carboxylic acid groups (broad SMARTS) is 1. The van der Waals surface area contributed by atoms with Crippen LogP contribution in [0, 0.1) is 0 Å². The number of carbonyl (C=O) groups excluding carboxylic acids is 2. The lowest BCUT2D eigenvalue weighted by atomic mass is 10.0. The highest BCUT2D eigenvalue weighted by Crippen LogP contribution is 2.33. The smallest absolute Gasteiger partial charge is 0.303 e. The number of aromatic nitrogens is 2. The second-order valence-electron chi connectivity index (χ2n) is 10.4. The molecule has 0 saturated carbocycles. The Balaban J connectivity index is 1.18. The molecule has 2 aliphatic heterocycles. The number of ether oxygens (including phenoxy) is 1. The maximum Gasteiger partial charge on any atom is 0.303 e. The van der Waals surface area contributed by atoms with E-state index in [2.05, 4.69) is 51.0 Å². The molecule has 3 heterocycles. The number of piperazine rings is 1. The third-order valence-electron chi connectivity index (χ3n) is 7.90. The first-order valence-corrected chi connectivity index (χ1v) is 13.7. The second kappa shape index (κ2) is 12.3. The average molecular weight is 559 g/mol. The number of amides is 2. The van der Waals surface area contributed by atoms with Gasteiger partial charge in [0.15, 0.2) is 0 Å². The fraction of sp³-hybridized carbons (Fsp3) is 0.367. The number of nitrogens with zero attached hydrogens (tertiary/aromatic N) is 5. The monoisotopic (exact) mass is 558 g/mol. The molecular weight excluding hydrogens is 524 g/mol. The number of fused-ring (bicyclic) bond motifs is 1. The zero-order chi connectivity index (χ0) is 28.9. The summed E-state index contributed by atoms with van der Waals surface area (Å²) in [7, 11) is 0. The van der Waals surface area contributed by atoms with Gasteiger partial charge < -0.3 is 25.4 Å². The van der Waals surface area contributed by atoms with Crippen LogP contribution < -0.4 is 15.4 Å². The van der Waals surface area contributed by atoms with Crippen LogP contribution in [-0.4, -0.2) is 74.9 Å². The number of rotatable bonds is 11. The number of nitrogens with two attached hydrogens (primary N) is 1. The Kier molecular flexibility index (Phi) is 8.44. The quantitative estimate of drug-likeness (QED) is 0.363. The number of hydrogen-bond acceptors (Lipinski definition) is 8. The van der Waals surface area contributed by atoms with Gasteiger partial charge in [0.2, 0.25) is 5.91 Å². The van der Waals surface area contributed by atoms with Crippen molar-refractivity contribution in [2.24, 2.45) is 5.73 Å². The van der Waals surface area contributed by atoms with Crippen LogP contribution in [-0.2, 0) is 22.7 Å². The van der Waals surface area contributed by atoms with Crippen LogP contribution in [0.15, 0.2) is 61.1 Å². The van der Waals surface area contributed by atoms with Gasteiger partial charge in [0, 0.05) is 56.0 Å². The second-order valence-corrected chi connectivity index (χ2v) is 10.4. The van der Waals surface area contributed by atoms with Gasteiger partial charge in [-0.05, 0) is 42.7 Å². The number of primary amides is 1. The lowest BCUT2D eigenvalue weighted by molar-refractivity contribution is -0.137. The third-order valence-corrected chi connectivity index (χ3v) is 7.90. The molecule has 11 heteroatoms. The van der Waals surface area contributed by atoms with E-state index in [0.717, 1.165) is 37.6 Å². The van der Waals surface area contributed by atoms with Crippen LogP contribution in [0.1, 0.15) is 52.9 Å². The van der Waals surface area contributed by atoms with Gasteiger partial charge in [-0.25, -0.2) is 9.97 Å². The molecule has 0 aliphatic carbocycles. The predicted molar refractivity (Wildman–Crippen MR) is 151 cm³/mol. The van der Waals surface area contributed by atoms with E-state index >= 15 is 0 Å². The van der Waals surface area contributed by atoms with E-state index in [0.29, 0.717) is 23.5 Å². The number of anilines is 1. The van der Waals surface area contributed by atoms with E-state index in [1.54, 1.807) is 30.7 Å². The number of benzene rings is 2. The fourth-order valence-electron chi connectivity index (χ4n) is 5.50. The van der Waals surface area contributed by atoms with Crippen LogP contribution in [0.4, 0.5) is 5.82 Å². The predicted octanol–water partition coefficient (Wildman–Crippen LogP) is 2.61. The van der Waals surface area contributed by atoms with Crippen molar-refractivity contribution in [3.63, 3.8) is 0 Å². The van der Waals surface area contributed by atoms with Crippen molar-refractivity contribution in [1.82, 2.24) is 19.8 Å². The van der Waals surface area contributed by atoms with Gasteiger partial charge in [-0.3, -0.25) is 19.3 Å². The summed E-state index contributed by atoms with van der Waals surface area (Å²) in [5.41, 5.74) is 8.84. The molecule has 2 aromatic carbocycles. The van der Waals surface area contributed by atoms with Crippen molar-refractivity contribution in [3.05, 3.63) is 83.3 Å². The zero-order valence-electron chi connectivity index (χ0n) is 23.0. The molecular formula is C30H34N6O5. The van der Waals surface area contributed by atoms with Crippen LogP contribution in [0.2, 0.25) is 0 Å². The summed E-state index contributed by atoms with van der Waals surface area (Å²) >= 11 is 0. The lowest BCUT2D eigenvalue weighted by Crippen LogP contribution is -2.47. The van der Waals surface area contributed by atoms with Crippen molar-refractivity contribution in [2.45, 2.75) is 45.0 Å². The summed E-state index contributed by atoms with van der Waals surface area (Å²) < 4.78 is 6.13. The normalized spacial score (nSPS) is 16.8. The number of aliphatic carboxylic acids is 1. The Morgan fingerprint density at radius 3 is 2.49 bits per heavy atom. The summed E-state index contributed by atoms with van der Waals surface area (Å²) in [5.74, 6) is -0.610. The summed E-state index contributed by atoms with van der Waals surface area (Å²) in [5, 5.41) is 9.03. The van der Waals surface area contributed by atoms with Crippen LogP contribution in [0.3, 0.4) is 0 Å². The van der Waals surface area contributed by atoms with E-state index in [9.17, 15) is 14.4 Å². The zero-order valence-corrected chi connectivity index (χ0v) is 23.0. The van der Waals surface area contributed by atoms with Crippen LogP contribution in [0.5, 0.6) is 5.75 Å². The molecule has 0 bridgehead atoms. The highest BCUT2D eigenvalue weighted by molar-refractivity contribution is 6.01. The number of carboxylic acids is 1. The molecule has 2 aliphatic rings. The van der Waals surface area contributed by atoms with E-state index < -0.39 is 17.9 Å². The van der Waals surface area contributed by atoms with Gasteiger partial charge >= 0.3 is 5.97 Å². The molecule has 0 unspecified atom stereocenters. The van der Waals surface area contributed by atoms with Gasteiger partial charge in [0.1, 0.15) is 30.5 Å². The molecule has 0 radical (unpaired) electrons. The minimum absolute atomic E-state index is 0.0387. The Morgan fingerprint density at radius 1 is 1.07 bits per heavy atom. The van der Waals surface area contributed by atoms with Crippen LogP contribution >= 0.6 is 0 Å². The van der Waals surface area contributed by atoms with Crippen molar-refractivity contribution in [3.8, 4) is 5.75 Å². The van der Waals surface area contributed by atoms with E-state index in [4.69, 9.17) is 15.6 Å². The standard InChI is InChI=1S/C30H34N6O5/c1-20(34-13-15-35(16-14-34)27-11-12-32-19-33-27)22-7-5-21(6-8-22)18-41-26-4-2-3-23-24(26)17-36(30(23)40)25(29(31)39)9-10-28(37)38/h2-8,11-12,19-20,25H,9-10,13-18H2,1H3,(H2,31,39)(H,37,38)/t20-,25+/m1/s1. The molecule has 0 spiro atoms. The molecule has 1 aromatic heterocycles. The largest absolute Gasteiger partial charge is 0.489 e. The minimum atomic E-state index is -1.05. The molecule has 2 amide bonds. The van der Waals surface area contributed by atoms with Crippen molar-refractivity contribution in [2.75, 3.05) is 31.1 Å². The third kappa shape index (κ3) is 6.30. The molecule has 11 nitrogen and oxygen atoms in total. The summed E-state index contributed by atoms with van der Waals surface area (Å²) in [4.78, 5) is 50.6. The van der Waals surface area contributed by atoms with Gasteiger partial charge in [0.25, 0.3) is 5.91 Å². The van der Waals surface area contributed by atoms with Gasteiger partial charge in [-0.15, -0.1) is 0 Å². The van der Waals surface area contributed by atoms with Gasteiger partial charge in [-0.2, -0.15) is 0 Å². The highest BCUT2D eigenvalue weighted by Gasteiger charge is 2.37. The topological polar surface area (TPSA) is 142 Å². The number of carbonyl (C=O) groups is 3. The minimum Gasteiger partial charge on any atom is -0.489 e. The fourth-order valence-corrected chi connectivity index (χ4v) is 5.50.